The Hall–Kier alpha value is -0.210. The molecule has 0 unspecified atom stereocenters. The SMILES string of the molecule is Cc1cc2c(cc1Br)CCN2.Cl. The number of hydrogen-bond acceptors (Lipinski definition) is 1. The molecule has 0 saturated carbocycles. The van der Waals surface area contributed by atoms with Crippen LogP contribution < -0.4 is 5.32 Å². The van der Waals surface area contributed by atoms with Crippen LogP contribution in [0, 0.1) is 6.92 Å². The minimum atomic E-state index is 0. The van der Waals surface area contributed by atoms with E-state index in [-0.39, 0.29) is 12.4 Å². The second-order valence-corrected chi connectivity index (χ2v) is 3.79. The fourth-order valence-electron chi connectivity index (χ4n) is 1.43. The van der Waals surface area contributed by atoms with Crippen molar-refractivity contribution in [3.05, 3.63) is 27.7 Å². The van der Waals surface area contributed by atoms with E-state index >= 15 is 0 Å². The van der Waals surface area contributed by atoms with Crippen LogP contribution in [0.25, 0.3) is 0 Å². The average molecular weight is 249 g/mol. The molecule has 1 aromatic carbocycles. The molecular formula is C9H11BrClN. The topological polar surface area (TPSA) is 12.0 Å². The van der Waals surface area contributed by atoms with Crippen LogP contribution in [0.3, 0.4) is 0 Å². The zero-order chi connectivity index (χ0) is 7.84. The van der Waals surface area contributed by atoms with Gasteiger partial charge in [0.1, 0.15) is 0 Å². The number of aryl methyl sites for hydroxylation is 1. The number of benzene rings is 1. The molecule has 0 saturated heterocycles. The molecule has 1 aromatic rings. The number of rotatable bonds is 0. The second kappa shape index (κ2) is 3.67. The third-order valence-corrected chi connectivity index (χ3v) is 2.95. The van der Waals surface area contributed by atoms with Crippen molar-refractivity contribution < 1.29 is 0 Å². The molecule has 1 aliphatic heterocycles. The molecule has 66 valence electrons. The van der Waals surface area contributed by atoms with E-state index in [4.69, 9.17) is 0 Å². The van der Waals surface area contributed by atoms with Crippen LogP contribution in [0.2, 0.25) is 0 Å². The maximum absolute atomic E-state index is 3.52. The van der Waals surface area contributed by atoms with Crippen molar-refractivity contribution in [2.24, 2.45) is 0 Å². The molecule has 0 bridgehead atoms. The average Bonchev–Trinajstić information content (AvgIpc) is 2.36. The van der Waals surface area contributed by atoms with E-state index in [0.717, 1.165) is 13.0 Å². The van der Waals surface area contributed by atoms with Gasteiger partial charge in [0, 0.05) is 16.7 Å². The second-order valence-electron chi connectivity index (χ2n) is 2.94. The van der Waals surface area contributed by atoms with Crippen molar-refractivity contribution in [2.45, 2.75) is 13.3 Å². The summed E-state index contributed by atoms with van der Waals surface area (Å²) in [5, 5.41) is 3.35. The van der Waals surface area contributed by atoms with Crippen LogP contribution >= 0.6 is 28.3 Å². The lowest BCUT2D eigenvalue weighted by atomic mass is 10.1. The number of anilines is 1. The lowest BCUT2D eigenvalue weighted by Gasteiger charge is -2.02. The highest BCUT2D eigenvalue weighted by Crippen LogP contribution is 2.28. The van der Waals surface area contributed by atoms with Crippen LogP contribution in [-0.2, 0) is 6.42 Å². The van der Waals surface area contributed by atoms with E-state index in [1.165, 1.54) is 21.3 Å². The highest BCUT2D eigenvalue weighted by molar-refractivity contribution is 9.10. The summed E-state index contributed by atoms with van der Waals surface area (Å²) in [5.74, 6) is 0. The Morgan fingerprint density at radius 2 is 2.17 bits per heavy atom. The normalized spacial score (nSPS) is 13.2. The standard InChI is InChI=1S/C9H10BrN.ClH/c1-6-4-9-7(2-3-11-9)5-8(6)10;/h4-5,11H,2-3H2,1H3;1H. The van der Waals surface area contributed by atoms with Gasteiger partial charge < -0.3 is 5.32 Å². The molecule has 12 heavy (non-hydrogen) atoms. The van der Waals surface area contributed by atoms with Gasteiger partial charge >= 0.3 is 0 Å². The molecule has 0 aromatic heterocycles. The Labute approximate surface area is 87.1 Å². The van der Waals surface area contributed by atoms with Gasteiger partial charge in [0.2, 0.25) is 0 Å². The van der Waals surface area contributed by atoms with Gasteiger partial charge in [0.05, 0.1) is 0 Å². The molecule has 2 rings (SSSR count). The van der Waals surface area contributed by atoms with Gasteiger partial charge in [-0.15, -0.1) is 12.4 Å². The van der Waals surface area contributed by atoms with Crippen molar-refractivity contribution in [3.8, 4) is 0 Å². The minimum absolute atomic E-state index is 0. The lowest BCUT2D eigenvalue weighted by Crippen LogP contribution is -1.90. The molecule has 0 aliphatic carbocycles. The maximum Gasteiger partial charge on any atom is 0.0376 e. The van der Waals surface area contributed by atoms with Crippen molar-refractivity contribution in [1.82, 2.24) is 0 Å². The zero-order valence-electron chi connectivity index (χ0n) is 6.86. The summed E-state index contributed by atoms with van der Waals surface area (Å²) in [6, 6.07) is 4.41. The molecule has 0 amide bonds. The maximum atomic E-state index is 3.52. The number of halogens is 2. The summed E-state index contributed by atoms with van der Waals surface area (Å²) in [5.41, 5.74) is 4.05. The van der Waals surface area contributed by atoms with Crippen LogP contribution in [0.4, 0.5) is 5.69 Å². The van der Waals surface area contributed by atoms with Crippen molar-refractivity contribution in [3.63, 3.8) is 0 Å². The van der Waals surface area contributed by atoms with Gasteiger partial charge in [0.25, 0.3) is 0 Å². The number of fused-ring (bicyclic) bond motifs is 1. The van der Waals surface area contributed by atoms with Crippen LogP contribution in [0.1, 0.15) is 11.1 Å². The van der Waals surface area contributed by atoms with E-state index < -0.39 is 0 Å². The predicted octanol–water partition coefficient (Wildman–Crippen LogP) is 3.15. The number of hydrogen-bond donors (Lipinski definition) is 1. The van der Waals surface area contributed by atoms with Crippen molar-refractivity contribution >= 4 is 34.0 Å². The quantitative estimate of drug-likeness (QED) is 0.744. The molecule has 0 atom stereocenters. The molecule has 1 N–H and O–H groups in total. The van der Waals surface area contributed by atoms with E-state index in [1.807, 2.05) is 0 Å². The smallest absolute Gasteiger partial charge is 0.0376 e. The zero-order valence-corrected chi connectivity index (χ0v) is 9.26. The summed E-state index contributed by atoms with van der Waals surface area (Å²) >= 11 is 3.52. The highest BCUT2D eigenvalue weighted by Gasteiger charge is 2.10. The van der Waals surface area contributed by atoms with Crippen LogP contribution in [0.15, 0.2) is 16.6 Å². The van der Waals surface area contributed by atoms with Crippen LogP contribution in [-0.4, -0.2) is 6.54 Å². The molecular weight excluding hydrogens is 237 g/mol. The predicted molar refractivity (Wildman–Crippen MR) is 58.3 cm³/mol. The van der Waals surface area contributed by atoms with E-state index in [2.05, 4.69) is 40.3 Å². The monoisotopic (exact) mass is 247 g/mol. The third-order valence-electron chi connectivity index (χ3n) is 2.09. The van der Waals surface area contributed by atoms with Crippen molar-refractivity contribution in [1.29, 1.82) is 0 Å². The molecule has 0 spiro atoms. The summed E-state index contributed by atoms with van der Waals surface area (Å²) in [7, 11) is 0. The molecule has 0 fully saturated rings. The summed E-state index contributed by atoms with van der Waals surface area (Å²) in [6.07, 6.45) is 1.16. The Kier molecular flexibility index (Phi) is 3.02. The fourth-order valence-corrected chi connectivity index (χ4v) is 1.82. The van der Waals surface area contributed by atoms with Gasteiger partial charge in [-0.3, -0.25) is 0 Å². The molecule has 1 nitrogen and oxygen atoms in total. The summed E-state index contributed by atoms with van der Waals surface area (Å²) in [4.78, 5) is 0. The summed E-state index contributed by atoms with van der Waals surface area (Å²) < 4.78 is 1.22. The first-order valence-electron chi connectivity index (χ1n) is 3.80. The first-order valence-corrected chi connectivity index (χ1v) is 4.59. The minimum Gasteiger partial charge on any atom is -0.384 e. The van der Waals surface area contributed by atoms with E-state index in [9.17, 15) is 0 Å². The molecule has 1 heterocycles. The molecule has 0 radical (unpaired) electrons. The van der Waals surface area contributed by atoms with Gasteiger partial charge in [-0.25, -0.2) is 0 Å². The Morgan fingerprint density at radius 1 is 1.42 bits per heavy atom. The largest absolute Gasteiger partial charge is 0.384 e. The molecule has 1 aliphatic rings. The van der Waals surface area contributed by atoms with Gasteiger partial charge in [0.15, 0.2) is 0 Å². The fraction of sp³-hybridized carbons (Fsp3) is 0.333. The van der Waals surface area contributed by atoms with Crippen molar-refractivity contribution in [2.75, 3.05) is 11.9 Å². The summed E-state index contributed by atoms with van der Waals surface area (Å²) in [6.45, 7) is 3.20. The van der Waals surface area contributed by atoms with Gasteiger partial charge in [-0.05, 0) is 36.6 Å². The Bertz CT molecular complexity index is 270. The highest BCUT2D eigenvalue weighted by atomic mass is 79.9. The lowest BCUT2D eigenvalue weighted by molar-refractivity contribution is 1.10. The van der Waals surface area contributed by atoms with Crippen LogP contribution in [0.5, 0.6) is 0 Å². The van der Waals surface area contributed by atoms with E-state index in [1.54, 1.807) is 0 Å². The Morgan fingerprint density at radius 3 is 2.92 bits per heavy atom. The van der Waals surface area contributed by atoms with E-state index in [0.29, 0.717) is 0 Å². The van der Waals surface area contributed by atoms with Gasteiger partial charge in [-0.2, -0.15) is 0 Å². The first-order chi connectivity index (χ1) is 5.27. The molecule has 3 heteroatoms. The van der Waals surface area contributed by atoms with Gasteiger partial charge in [-0.1, -0.05) is 15.9 Å². The number of nitrogens with one attached hydrogen (secondary N) is 1. The Balaban J connectivity index is 0.000000720. The first kappa shape index (κ1) is 9.87. The third kappa shape index (κ3) is 1.59.